The summed E-state index contributed by atoms with van der Waals surface area (Å²) in [6.07, 6.45) is 1.58. The Balaban J connectivity index is 1.42. The van der Waals surface area contributed by atoms with Gasteiger partial charge in [-0.3, -0.25) is 4.79 Å². The molecule has 0 unspecified atom stereocenters. The molecule has 5 aromatic rings. The topological polar surface area (TPSA) is 112 Å². The summed E-state index contributed by atoms with van der Waals surface area (Å²) in [5.41, 5.74) is 10.3. The number of hydrogen-bond donors (Lipinski definition) is 2. The maximum Gasteiger partial charge on any atom is 0.251 e. The van der Waals surface area contributed by atoms with E-state index in [9.17, 15) is 4.79 Å². The van der Waals surface area contributed by atoms with Gasteiger partial charge in [-0.2, -0.15) is 0 Å². The summed E-state index contributed by atoms with van der Waals surface area (Å²) in [6, 6.07) is 26.8. The highest BCUT2D eigenvalue weighted by Crippen LogP contribution is 2.26. The van der Waals surface area contributed by atoms with Crippen LogP contribution in [-0.2, 0) is 13.6 Å². The fourth-order valence-corrected chi connectivity index (χ4v) is 3.73. The number of amides is 1. The molecule has 0 spiro atoms. The van der Waals surface area contributed by atoms with Crippen molar-refractivity contribution in [1.82, 2.24) is 30.0 Å². The Kier molecular flexibility index (Phi) is 6.00. The standard InChI is InChI=1S/C27H23N7O/c1-34-26(19-11-6-3-7-12-19)32-25(33-34)23-24(28)29-17-22(31-23)20-13-8-14-21(15-20)27(35)30-16-18-9-4-2-5-10-18/h2-15,17H,16H2,1H3,(H2,28,29)(H,30,35). The molecule has 0 fully saturated rings. The fourth-order valence-electron chi connectivity index (χ4n) is 3.73. The Hall–Kier alpha value is -4.85. The van der Waals surface area contributed by atoms with Crippen LogP contribution in [0, 0.1) is 0 Å². The first-order valence-electron chi connectivity index (χ1n) is 11.1. The van der Waals surface area contributed by atoms with Gasteiger partial charge in [0, 0.05) is 30.3 Å². The highest BCUT2D eigenvalue weighted by Gasteiger charge is 2.17. The summed E-state index contributed by atoms with van der Waals surface area (Å²) in [5.74, 6) is 1.15. The number of rotatable bonds is 6. The lowest BCUT2D eigenvalue weighted by Gasteiger charge is -2.08. The second kappa shape index (κ2) is 9.56. The van der Waals surface area contributed by atoms with E-state index in [4.69, 9.17) is 10.7 Å². The van der Waals surface area contributed by atoms with Gasteiger partial charge in [-0.15, -0.1) is 5.10 Å². The van der Waals surface area contributed by atoms with Gasteiger partial charge in [-0.05, 0) is 17.7 Å². The first-order valence-corrected chi connectivity index (χ1v) is 11.1. The quantitative estimate of drug-likeness (QED) is 0.393. The van der Waals surface area contributed by atoms with E-state index in [2.05, 4.69) is 20.4 Å². The number of carbonyl (C=O) groups excluding carboxylic acids is 1. The van der Waals surface area contributed by atoms with Gasteiger partial charge in [0.1, 0.15) is 0 Å². The zero-order chi connectivity index (χ0) is 24.2. The molecule has 1 amide bonds. The lowest BCUT2D eigenvalue weighted by Crippen LogP contribution is -2.22. The van der Waals surface area contributed by atoms with E-state index in [1.165, 1.54) is 0 Å². The Morgan fingerprint density at radius 1 is 0.914 bits per heavy atom. The maximum absolute atomic E-state index is 12.7. The molecule has 0 saturated heterocycles. The Labute approximate surface area is 202 Å². The number of aromatic nitrogens is 5. The Morgan fingerprint density at radius 3 is 2.40 bits per heavy atom. The van der Waals surface area contributed by atoms with Gasteiger partial charge in [0.2, 0.25) is 5.82 Å². The van der Waals surface area contributed by atoms with Crippen molar-refractivity contribution in [3.8, 4) is 34.2 Å². The largest absolute Gasteiger partial charge is 0.382 e. The van der Waals surface area contributed by atoms with Crippen LogP contribution in [0.1, 0.15) is 15.9 Å². The van der Waals surface area contributed by atoms with Crippen LogP contribution < -0.4 is 11.1 Å². The summed E-state index contributed by atoms with van der Waals surface area (Å²) in [7, 11) is 1.82. The number of benzene rings is 3. The van der Waals surface area contributed by atoms with Crippen LogP contribution >= 0.6 is 0 Å². The lowest BCUT2D eigenvalue weighted by atomic mass is 10.1. The third-order valence-electron chi connectivity index (χ3n) is 5.52. The molecule has 2 aromatic heterocycles. The average Bonchev–Trinajstić information content (AvgIpc) is 3.30. The number of nitrogens with one attached hydrogen (secondary N) is 1. The van der Waals surface area contributed by atoms with E-state index in [-0.39, 0.29) is 11.7 Å². The van der Waals surface area contributed by atoms with Crippen LogP contribution in [0.25, 0.3) is 34.2 Å². The van der Waals surface area contributed by atoms with Gasteiger partial charge in [0.25, 0.3) is 5.91 Å². The van der Waals surface area contributed by atoms with E-state index in [1.807, 2.05) is 79.8 Å². The summed E-state index contributed by atoms with van der Waals surface area (Å²) in [4.78, 5) is 26.4. The van der Waals surface area contributed by atoms with Crippen molar-refractivity contribution in [2.24, 2.45) is 7.05 Å². The number of hydrogen-bond acceptors (Lipinski definition) is 6. The monoisotopic (exact) mass is 461 g/mol. The second-order valence-corrected chi connectivity index (χ2v) is 7.99. The molecule has 2 heterocycles. The van der Waals surface area contributed by atoms with Gasteiger partial charge in [-0.25, -0.2) is 19.6 Å². The molecule has 3 N–H and O–H groups in total. The summed E-state index contributed by atoms with van der Waals surface area (Å²) in [6.45, 7) is 0.449. The molecular weight excluding hydrogens is 438 g/mol. The number of anilines is 1. The molecule has 172 valence electrons. The molecule has 0 bridgehead atoms. The molecule has 0 radical (unpaired) electrons. The zero-order valence-electron chi connectivity index (χ0n) is 19.1. The van der Waals surface area contributed by atoms with Crippen molar-refractivity contribution >= 4 is 11.7 Å². The van der Waals surface area contributed by atoms with E-state index in [0.717, 1.165) is 16.7 Å². The van der Waals surface area contributed by atoms with Gasteiger partial charge >= 0.3 is 0 Å². The summed E-state index contributed by atoms with van der Waals surface area (Å²) in [5, 5.41) is 7.46. The van der Waals surface area contributed by atoms with Crippen molar-refractivity contribution in [1.29, 1.82) is 0 Å². The lowest BCUT2D eigenvalue weighted by molar-refractivity contribution is 0.0951. The minimum absolute atomic E-state index is 0.168. The van der Waals surface area contributed by atoms with Crippen LogP contribution in [0.3, 0.4) is 0 Å². The van der Waals surface area contributed by atoms with Crippen molar-refractivity contribution in [3.05, 3.63) is 102 Å². The summed E-state index contributed by atoms with van der Waals surface area (Å²) < 4.78 is 1.69. The summed E-state index contributed by atoms with van der Waals surface area (Å²) >= 11 is 0. The van der Waals surface area contributed by atoms with E-state index < -0.39 is 0 Å². The Bertz CT molecular complexity index is 1480. The average molecular weight is 462 g/mol. The number of carbonyl (C=O) groups is 1. The molecule has 0 aliphatic carbocycles. The van der Waals surface area contributed by atoms with Crippen LogP contribution in [0.5, 0.6) is 0 Å². The van der Waals surface area contributed by atoms with E-state index >= 15 is 0 Å². The minimum atomic E-state index is -0.168. The molecule has 0 saturated carbocycles. The predicted molar refractivity (Wildman–Crippen MR) is 135 cm³/mol. The molecule has 0 atom stereocenters. The van der Waals surface area contributed by atoms with Gasteiger partial charge in [0.05, 0.1) is 11.9 Å². The molecular formula is C27H23N7O. The van der Waals surface area contributed by atoms with Crippen LogP contribution in [0.2, 0.25) is 0 Å². The van der Waals surface area contributed by atoms with Gasteiger partial charge in [-0.1, -0.05) is 72.8 Å². The van der Waals surface area contributed by atoms with E-state index in [1.54, 1.807) is 23.0 Å². The predicted octanol–water partition coefficient (Wildman–Crippen LogP) is 4.12. The van der Waals surface area contributed by atoms with Crippen molar-refractivity contribution < 1.29 is 4.79 Å². The number of nitrogens with zero attached hydrogens (tertiary/aromatic N) is 5. The molecule has 8 heteroatoms. The highest BCUT2D eigenvalue weighted by molar-refractivity contribution is 5.95. The molecule has 5 rings (SSSR count). The Morgan fingerprint density at radius 2 is 1.63 bits per heavy atom. The highest BCUT2D eigenvalue weighted by atomic mass is 16.1. The van der Waals surface area contributed by atoms with Crippen LogP contribution in [0.15, 0.2) is 91.1 Å². The SMILES string of the molecule is Cn1nc(-c2nc(-c3cccc(C(=O)NCc4ccccc4)c3)cnc2N)nc1-c1ccccc1. The number of nitrogens with two attached hydrogens (primary N) is 1. The van der Waals surface area contributed by atoms with Crippen LogP contribution in [-0.4, -0.2) is 30.6 Å². The van der Waals surface area contributed by atoms with Crippen LogP contribution in [0.4, 0.5) is 5.82 Å². The molecule has 0 aliphatic rings. The normalized spacial score (nSPS) is 10.8. The van der Waals surface area contributed by atoms with Gasteiger partial charge < -0.3 is 11.1 Å². The van der Waals surface area contributed by atoms with Crippen molar-refractivity contribution in [2.75, 3.05) is 5.73 Å². The third kappa shape index (κ3) is 4.77. The molecule has 35 heavy (non-hydrogen) atoms. The zero-order valence-corrected chi connectivity index (χ0v) is 19.1. The first kappa shape index (κ1) is 22.0. The number of aryl methyl sites for hydroxylation is 1. The van der Waals surface area contributed by atoms with Gasteiger partial charge in [0.15, 0.2) is 17.3 Å². The third-order valence-corrected chi connectivity index (χ3v) is 5.52. The fraction of sp³-hybridized carbons (Fsp3) is 0.0741. The van der Waals surface area contributed by atoms with Crippen molar-refractivity contribution in [3.63, 3.8) is 0 Å². The number of nitrogen functional groups attached to an aromatic ring is 1. The van der Waals surface area contributed by atoms with E-state index in [0.29, 0.717) is 35.1 Å². The minimum Gasteiger partial charge on any atom is -0.382 e. The first-order chi connectivity index (χ1) is 17.1. The molecule has 0 aliphatic heterocycles. The smallest absolute Gasteiger partial charge is 0.251 e. The maximum atomic E-state index is 12.7. The molecule has 8 nitrogen and oxygen atoms in total. The second-order valence-electron chi connectivity index (χ2n) is 7.99. The molecule has 3 aromatic carbocycles. The van der Waals surface area contributed by atoms with Crippen molar-refractivity contribution in [2.45, 2.75) is 6.54 Å².